The summed E-state index contributed by atoms with van der Waals surface area (Å²) in [5.41, 5.74) is 2.84. The highest BCUT2D eigenvalue weighted by Gasteiger charge is 2.29. The predicted octanol–water partition coefficient (Wildman–Crippen LogP) is 4.01. The smallest absolute Gasteiger partial charge is 0.255 e. The molecule has 0 spiro atoms. The summed E-state index contributed by atoms with van der Waals surface area (Å²) in [6, 6.07) is 18.0. The summed E-state index contributed by atoms with van der Waals surface area (Å²) >= 11 is 0. The molecule has 35 heavy (non-hydrogen) atoms. The largest absolute Gasteiger partial charge is 0.351 e. The van der Waals surface area contributed by atoms with Gasteiger partial charge in [-0.2, -0.15) is 4.72 Å². The van der Waals surface area contributed by atoms with Crippen LogP contribution in [-0.4, -0.2) is 26.3 Å². The number of carbonyl (C=O) groups is 2. The van der Waals surface area contributed by atoms with Gasteiger partial charge in [-0.25, -0.2) is 12.8 Å². The number of amides is 2. The van der Waals surface area contributed by atoms with Gasteiger partial charge in [0.05, 0.1) is 0 Å². The van der Waals surface area contributed by atoms with E-state index in [1.165, 1.54) is 12.1 Å². The molecule has 0 aliphatic carbocycles. The van der Waals surface area contributed by atoms with E-state index in [-0.39, 0.29) is 12.5 Å². The van der Waals surface area contributed by atoms with Gasteiger partial charge in [0.1, 0.15) is 16.8 Å². The van der Waals surface area contributed by atoms with Crippen LogP contribution in [0.5, 0.6) is 0 Å². The van der Waals surface area contributed by atoms with Crippen LogP contribution >= 0.6 is 0 Å². The number of hydrogen-bond donors (Lipinski definition) is 3. The van der Waals surface area contributed by atoms with Crippen molar-refractivity contribution < 1.29 is 22.4 Å². The summed E-state index contributed by atoms with van der Waals surface area (Å²) in [4.78, 5) is 24.8. The average molecular weight is 498 g/mol. The van der Waals surface area contributed by atoms with Crippen LogP contribution < -0.4 is 15.4 Å². The molecule has 0 aromatic heterocycles. The Hall–Kier alpha value is -3.56. The summed E-state index contributed by atoms with van der Waals surface area (Å²) in [5, 5.41) is 5.54. The van der Waals surface area contributed by atoms with Crippen LogP contribution in [0.25, 0.3) is 0 Å². The molecule has 3 aromatic carbocycles. The summed E-state index contributed by atoms with van der Waals surface area (Å²) in [7, 11) is -4.25. The van der Waals surface area contributed by atoms with Crippen molar-refractivity contribution in [3.05, 3.63) is 95.3 Å². The lowest BCUT2D eigenvalue weighted by atomic mass is 10.0. The molecule has 0 saturated heterocycles. The first-order chi connectivity index (χ1) is 16.6. The molecule has 0 aliphatic rings. The fourth-order valence-corrected chi connectivity index (χ4v) is 4.77. The van der Waals surface area contributed by atoms with Gasteiger partial charge >= 0.3 is 0 Å². The van der Waals surface area contributed by atoms with Crippen molar-refractivity contribution in [2.24, 2.45) is 5.92 Å². The number of hydrogen-bond acceptors (Lipinski definition) is 4. The van der Waals surface area contributed by atoms with E-state index >= 15 is 0 Å². The van der Waals surface area contributed by atoms with Crippen LogP contribution in [0.4, 0.5) is 10.1 Å². The van der Waals surface area contributed by atoms with Gasteiger partial charge in [0.2, 0.25) is 15.9 Å². The molecule has 3 aromatic rings. The van der Waals surface area contributed by atoms with Crippen molar-refractivity contribution in [1.29, 1.82) is 0 Å². The molecular weight excluding hydrogens is 469 g/mol. The highest BCUT2D eigenvalue weighted by molar-refractivity contribution is 7.89. The zero-order valence-electron chi connectivity index (χ0n) is 19.7. The standard InChI is InChI=1S/C26H28FN3O4S/c1-17(2)24(30-35(33,34)23-10-5-4-9-22(23)27)26(32)28-16-19-7-6-8-21(15-19)29-25(31)20-13-11-18(3)12-14-20/h4-15,17,24,30H,16H2,1-3H3,(H,28,32)(H,29,31)/t24-/m0/s1. The molecule has 0 aliphatic heterocycles. The van der Waals surface area contributed by atoms with Crippen molar-refractivity contribution in [1.82, 2.24) is 10.0 Å². The van der Waals surface area contributed by atoms with E-state index in [1.807, 2.05) is 19.1 Å². The molecule has 0 saturated carbocycles. The van der Waals surface area contributed by atoms with Crippen LogP contribution in [0.2, 0.25) is 0 Å². The zero-order chi connectivity index (χ0) is 25.6. The van der Waals surface area contributed by atoms with Crippen LogP contribution in [0.15, 0.2) is 77.7 Å². The fraction of sp³-hybridized carbons (Fsp3) is 0.231. The lowest BCUT2D eigenvalue weighted by Crippen LogP contribution is -2.49. The maximum absolute atomic E-state index is 14.0. The minimum atomic E-state index is -4.25. The highest BCUT2D eigenvalue weighted by atomic mass is 32.2. The van der Waals surface area contributed by atoms with Gasteiger partial charge in [0.15, 0.2) is 0 Å². The second-order valence-electron chi connectivity index (χ2n) is 8.51. The van der Waals surface area contributed by atoms with Gasteiger partial charge in [-0.3, -0.25) is 9.59 Å². The number of halogens is 1. The van der Waals surface area contributed by atoms with E-state index in [9.17, 15) is 22.4 Å². The molecule has 3 rings (SSSR count). The van der Waals surface area contributed by atoms with E-state index in [2.05, 4.69) is 15.4 Å². The average Bonchev–Trinajstić information content (AvgIpc) is 2.81. The summed E-state index contributed by atoms with van der Waals surface area (Å²) in [6.45, 7) is 5.43. The van der Waals surface area contributed by atoms with Crippen molar-refractivity contribution in [2.45, 2.75) is 38.3 Å². The van der Waals surface area contributed by atoms with Crippen molar-refractivity contribution in [3.8, 4) is 0 Å². The molecule has 7 nitrogen and oxygen atoms in total. The Labute approximate surface area is 204 Å². The molecule has 3 N–H and O–H groups in total. The number of sulfonamides is 1. The van der Waals surface area contributed by atoms with Gasteiger partial charge in [0.25, 0.3) is 5.91 Å². The van der Waals surface area contributed by atoms with E-state index in [1.54, 1.807) is 50.2 Å². The first-order valence-corrected chi connectivity index (χ1v) is 12.6. The Morgan fingerprint density at radius 3 is 2.29 bits per heavy atom. The lowest BCUT2D eigenvalue weighted by Gasteiger charge is -2.22. The molecule has 0 heterocycles. The topological polar surface area (TPSA) is 104 Å². The first-order valence-electron chi connectivity index (χ1n) is 11.1. The Kier molecular flexibility index (Phi) is 8.37. The van der Waals surface area contributed by atoms with Crippen LogP contribution in [0, 0.1) is 18.7 Å². The number of nitrogens with one attached hydrogen (secondary N) is 3. The minimum absolute atomic E-state index is 0.109. The molecule has 0 unspecified atom stereocenters. The van der Waals surface area contributed by atoms with Gasteiger partial charge < -0.3 is 10.6 Å². The number of benzene rings is 3. The second-order valence-corrected chi connectivity index (χ2v) is 10.2. The molecule has 9 heteroatoms. The monoisotopic (exact) mass is 497 g/mol. The van der Waals surface area contributed by atoms with Gasteiger partial charge in [-0.05, 0) is 54.8 Å². The normalized spacial score (nSPS) is 12.3. The lowest BCUT2D eigenvalue weighted by molar-refractivity contribution is -0.123. The molecule has 184 valence electrons. The molecule has 1 atom stereocenters. The van der Waals surface area contributed by atoms with E-state index < -0.39 is 38.6 Å². The fourth-order valence-electron chi connectivity index (χ4n) is 3.35. The number of rotatable bonds is 9. The first kappa shape index (κ1) is 26.1. The summed E-state index contributed by atoms with van der Waals surface area (Å²) in [5.74, 6) is -2.09. The van der Waals surface area contributed by atoms with E-state index in [4.69, 9.17) is 0 Å². The van der Waals surface area contributed by atoms with Gasteiger partial charge in [-0.15, -0.1) is 0 Å². The summed E-state index contributed by atoms with van der Waals surface area (Å²) < 4.78 is 41.6. The SMILES string of the molecule is Cc1ccc(C(=O)Nc2cccc(CNC(=O)[C@@H](NS(=O)(=O)c3ccccc3F)C(C)C)c2)cc1. The van der Waals surface area contributed by atoms with Gasteiger partial charge in [0, 0.05) is 17.8 Å². The van der Waals surface area contributed by atoms with Crippen LogP contribution in [-0.2, 0) is 21.4 Å². The summed E-state index contributed by atoms with van der Waals surface area (Å²) in [6.07, 6.45) is 0. The van der Waals surface area contributed by atoms with Crippen molar-refractivity contribution in [3.63, 3.8) is 0 Å². The zero-order valence-corrected chi connectivity index (χ0v) is 20.5. The quantitative estimate of drug-likeness (QED) is 0.416. The Balaban J connectivity index is 1.65. The molecule has 0 radical (unpaired) electrons. The van der Waals surface area contributed by atoms with Crippen molar-refractivity contribution in [2.75, 3.05) is 5.32 Å². The van der Waals surface area contributed by atoms with Gasteiger partial charge in [-0.1, -0.05) is 55.8 Å². The number of carbonyl (C=O) groups excluding carboxylic acids is 2. The van der Waals surface area contributed by atoms with E-state index in [0.717, 1.165) is 17.7 Å². The molecule has 0 bridgehead atoms. The third kappa shape index (κ3) is 6.97. The number of anilines is 1. The van der Waals surface area contributed by atoms with Crippen molar-refractivity contribution >= 4 is 27.5 Å². The third-order valence-electron chi connectivity index (χ3n) is 5.32. The molecular formula is C26H28FN3O4S. The van der Waals surface area contributed by atoms with E-state index in [0.29, 0.717) is 16.8 Å². The molecule has 2 amide bonds. The molecule has 0 fully saturated rings. The predicted molar refractivity (Wildman–Crippen MR) is 133 cm³/mol. The Morgan fingerprint density at radius 2 is 1.63 bits per heavy atom. The minimum Gasteiger partial charge on any atom is -0.351 e. The van der Waals surface area contributed by atoms with Crippen LogP contribution in [0.3, 0.4) is 0 Å². The van der Waals surface area contributed by atoms with Crippen LogP contribution in [0.1, 0.15) is 35.3 Å². The Bertz CT molecular complexity index is 1310. The highest BCUT2D eigenvalue weighted by Crippen LogP contribution is 2.16. The maximum atomic E-state index is 14.0. The Morgan fingerprint density at radius 1 is 0.943 bits per heavy atom. The number of aryl methyl sites for hydroxylation is 1. The maximum Gasteiger partial charge on any atom is 0.255 e. The third-order valence-corrected chi connectivity index (χ3v) is 6.80. The second kappa shape index (κ2) is 11.2.